The van der Waals surface area contributed by atoms with Crippen LogP contribution < -0.4 is 0 Å². The number of esters is 1. The zero-order valence-corrected chi connectivity index (χ0v) is 12.4. The number of unbranched alkanes of at least 4 members (excludes halogenated alkanes) is 1. The lowest BCUT2D eigenvalue weighted by atomic mass is 10.1. The highest BCUT2D eigenvalue weighted by Gasteiger charge is 2.36. The first-order chi connectivity index (χ1) is 9.47. The van der Waals surface area contributed by atoms with Crippen LogP contribution in [0.3, 0.4) is 0 Å². The van der Waals surface area contributed by atoms with Crippen molar-refractivity contribution in [3.8, 4) is 0 Å². The van der Waals surface area contributed by atoms with E-state index in [-0.39, 0.29) is 0 Å². The molecule has 0 N–H and O–H groups in total. The molecule has 0 bridgehead atoms. The topological polar surface area (TPSA) is 63.7 Å². The third kappa shape index (κ3) is 4.47. The lowest BCUT2D eigenvalue weighted by molar-refractivity contribution is -0.158. The van der Waals surface area contributed by atoms with E-state index in [2.05, 4.69) is 0 Å². The smallest absolute Gasteiger partial charge is 0.329 e. The van der Waals surface area contributed by atoms with E-state index in [9.17, 15) is 14.4 Å². The number of ether oxygens (including phenoxy) is 1. The van der Waals surface area contributed by atoms with Gasteiger partial charge in [-0.15, -0.1) is 0 Å². The number of imide groups is 1. The van der Waals surface area contributed by atoms with Gasteiger partial charge in [0.05, 0.1) is 6.61 Å². The summed E-state index contributed by atoms with van der Waals surface area (Å²) in [7, 11) is 0. The van der Waals surface area contributed by atoms with Crippen molar-refractivity contribution in [2.75, 3.05) is 6.61 Å². The number of carbonyl (C=O) groups is 3. The van der Waals surface area contributed by atoms with Crippen LogP contribution in [0.5, 0.6) is 0 Å². The molecule has 5 nitrogen and oxygen atoms in total. The summed E-state index contributed by atoms with van der Waals surface area (Å²) in [6.45, 7) is 6.40. The number of hydrogen-bond donors (Lipinski definition) is 0. The number of amides is 2. The molecule has 0 spiro atoms. The molecule has 0 fully saturated rings. The molecule has 5 heteroatoms. The summed E-state index contributed by atoms with van der Waals surface area (Å²) >= 11 is 0. The molecule has 20 heavy (non-hydrogen) atoms. The molecule has 1 atom stereocenters. The van der Waals surface area contributed by atoms with Gasteiger partial charge in [0.2, 0.25) is 0 Å². The quantitative estimate of drug-likeness (QED) is 0.504. The number of rotatable bonds is 8. The Hall–Kier alpha value is -1.65. The molecule has 112 valence electrons. The van der Waals surface area contributed by atoms with Gasteiger partial charge in [0, 0.05) is 12.2 Å². The van der Waals surface area contributed by atoms with Crippen LogP contribution in [0.4, 0.5) is 0 Å². The van der Waals surface area contributed by atoms with E-state index in [1.807, 2.05) is 20.8 Å². The summed E-state index contributed by atoms with van der Waals surface area (Å²) in [5.41, 5.74) is 0. The van der Waals surface area contributed by atoms with E-state index in [0.29, 0.717) is 18.9 Å². The Morgan fingerprint density at radius 1 is 1.20 bits per heavy atom. The molecule has 0 saturated heterocycles. The van der Waals surface area contributed by atoms with Crippen LogP contribution in [-0.4, -0.2) is 35.3 Å². The van der Waals surface area contributed by atoms with Crippen molar-refractivity contribution in [3.05, 3.63) is 12.2 Å². The minimum Gasteiger partial charge on any atom is -0.464 e. The Morgan fingerprint density at radius 2 is 1.80 bits per heavy atom. The van der Waals surface area contributed by atoms with Crippen molar-refractivity contribution in [1.82, 2.24) is 4.90 Å². The SMILES string of the molecule is CCCCC(C(=O)OCCC(C)C)N1C(=O)C=CC1=O. The highest BCUT2D eigenvalue weighted by atomic mass is 16.5. The fourth-order valence-electron chi connectivity index (χ4n) is 1.96. The molecular formula is C15H23NO4. The maximum atomic E-state index is 12.1. The molecule has 0 aromatic heterocycles. The molecule has 0 aromatic carbocycles. The van der Waals surface area contributed by atoms with Crippen molar-refractivity contribution < 1.29 is 19.1 Å². The highest BCUT2D eigenvalue weighted by molar-refractivity contribution is 6.14. The van der Waals surface area contributed by atoms with Gasteiger partial charge in [-0.3, -0.25) is 14.5 Å². The van der Waals surface area contributed by atoms with Crippen LogP contribution in [0.2, 0.25) is 0 Å². The summed E-state index contributed by atoms with van der Waals surface area (Å²) < 4.78 is 5.21. The first-order valence-electron chi connectivity index (χ1n) is 7.19. The minimum atomic E-state index is -0.794. The van der Waals surface area contributed by atoms with Crippen molar-refractivity contribution in [1.29, 1.82) is 0 Å². The monoisotopic (exact) mass is 281 g/mol. The van der Waals surface area contributed by atoms with Gasteiger partial charge in [0.25, 0.3) is 11.8 Å². The lowest BCUT2D eigenvalue weighted by Crippen LogP contribution is -2.45. The average molecular weight is 281 g/mol. The maximum Gasteiger partial charge on any atom is 0.329 e. The summed E-state index contributed by atoms with van der Waals surface area (Å²) in [6.07, 6.45) is 5.27. The Balaban J connectivity index is 2.66. The summed E-state index contributed by atoms with van der Waals surface area (Å²) in [6, 6.07) is -0.794. The minimum absolute atomic E-state index is 0.322. The van der Waals surface area contributed by atoms with Gasteiger partial charge in [-0.1, -0.05) is 33.6 Å². The van der Waals surface area contributed by atoms with E-state index in [4.69, 9.17) is 4.74 Å². The molecule has 1 unspecified atom stereocenters. The molecule has 1 heterocycles. The molecule has 1 aliphatic heterocycles. The summed E-state index contributed by atoms with van der Waals surface area (Å²) in [4.78, 5) is 36.5. The third-order valence-electron chi connectivity index (χ3n) is 3.20. The zero-order valence-electron chi connectivity index (χ0n) is 12.4. The van der Waals surface area contributed by atoms with Gasteiger partial charge in [-0.25, -0.2) is 4.79 Å². The van der Waals surface area contributed by atoms with E-state index >= 15 is 0 Å². The molecule has 0 aliphatic carbocycles. The van der Waals surface area contributed by atoms with Crippen molar-refractivity contribution in [2.24, 2.45) is 5.92 Å². The summed E-state index contributed by atoms with van der Waals surface area (Å²) in [5, 5.41) is 0. The van der Waals surface area contributed by atoms with Crippen LogP contribution >= 0.6 is 0 Å². The van der Waals surface area contributed by atoms with E-state index in [1.54, 1.807) is 0 Å². The van der Waals surface area contributed by atoms with Crippen molar-refractivity contribution >= 4 is 17.8 Å². The Morgan fingerprint density at radius 3 is 2.30 bits per heavy atom. The van der Waals surface area contributed by atoms with Crippen LogP contribution in [0.15, 0.2) is 12.2 Å². The zero-order chi connectivity index (χ0) is 15.1. The van der Waals surface area contributed by atoms with Crippen molar-refractivity contribution in [3.63, 3.8) is 0 Å². The average Bonchev–Trinajstić information content (AvgIpc) is 2.70. The molecule has 0 saturated carbocycles. The van der Waals surface area contributed by atoms with Gasteiger partial charge in [-0.05, 0) is 18.8 Å². The standard InChI is InChI=1S/C15H23NO4/c1-4-5-6-12(15(19)20-10-9-11(2)3)16-13(17)7-8-14(16)18/h7-8,11-12H,4-6,9-10H2,1-3H3. The van der Waals surface area contributed by atoms with Crippen LogP contribution in [-0.2, 0) is 19.1 Å². The summed E-state index contributed by atoms with van der Waals surface area (Å²) in [5.74, 6) is -0.910. The maximum absolute atomic E-state index is 12.1. The second-order valence-corrected chi connectivity index (χ2v) is 5.39. The molecule has 1 rings (SSSR count). The van der Waals surface area contributed by atoms with E-state index in [0.717, 1.165) is 24.2 Å². The van der Waals surface area contributed by atoms with Gasteiger partial charge >= 0.3 is 5.97 Å². The third-order valence-corrected chi connectivity index (χ3v) is 3.20. The fraction of sp³-hybridized carbons (Fsp3) is 0.667. The Labute approximate surface area is 120 Å². The lowest BCUT2D eigenvalue weighted by Gasteiger charge is -2.24. The largest absolute Gasteiger partial charge is 0.464 e. The fourth-order valence-corrected chi connectivity index (χ4v) is 1.96. The molecule has 2 amide bonds. The molecule has 0 aromatic rings. The first-order valence-corrected chi connectivity index (χ1v) is 7.19. The van der Waals surface area contributed by atoms with Crippen LogP contribution in [0.25, 0.3) is 0 Å². The molecule has 1 aliphatic rings. The Bertz CT molecular complexity index is 383. The second-order valence-electron chi connectivity index (χ2n) is 5.39. The predicted octanol–water partition coefficient (Wildman–Crippen LogP) is 2.06. The van der Waals surface area contributed by atoms with Gasteiger partial charge in [0.15, 0.2) is 0 Å². The second kappa shape index (κ2) is 7.82. The highest BCUT2D eigenvalue weighted by Crippen LogP contribution is 2.16. The number of carbonyl (C=O) groups excluding carboxylic acids is 3. The van der Waals surface area contributed by atoms with Gasteiger partial charge in [0.1, 0.15) is 6.04 Å². The van der Waals surface area contributed by atoms with Crippen molar-refractivity contribution in [2.45, 2.75) is 52.5 Å². The van der Waals surface area contributed by atoms with Crippen LogP contribution in [0.1, 0.15) is 46.5 Å². The number of hydrogen-bond acceptors (Lipinski definition) is 4. The Kier molecular flexibility index (Phi) is 6.42. The molecule has 0 radical (unpaired) electrons. The first kappa shape index (κ1) is 16.4. The van der Waals surface area contributed by atoms with E-state index < -0.39 is 23.8 Å². The van der Waals surface area contributed by atoms with E-state index in [1.165, 1.54) is 12.2 Å². The normalized spacial score (nSPS) is 16.1. The molecular weight excluding hydrogens is 258 g/mol. The predicted molar refractivity (Wildman–Crippen MR) is 74.7 cm³/mol. The van der Waals surface area contributed by atoms with Gasteiger partial charge in [-0.2, -0.15) is 0 Å². The van der Waals surface area contributed by atoms with Gasteiger partial charge < -0.3 is 4.74 Å². The number of nitrogens with zero attached hydrogens (tertiary/aromatic N) is 1. The van der Waals surface area contributed by atoms with Crippen LogP contribution in [0, 0.1) is 5.92 Å².